The maximum atomic E-state index is 11.1. The van der Waals surface area contributed by atoms with Gasteiger partial charge in [0.1, 0.15) is 0 Å². The summed E-state index contributed by atoms with van der Waals surface area (Å²) in [7, 11) is 0. The van der Waals surface area contributed by atoms with Crippen LogP contribution in [-0.4, -0.2) is 23.5 Å². The van der Waals surface area contributed by atoms with Crippen LogP contribution in [0.2, 0.25) is 0 Å². The third kappa shape index (κ3) is 3.38. The monoisotopic (exact) mass is 221 g/mol. The zero-order valence-electron chi connectivity index (χ0n) is 9.36. The largest absolute Gasteiger partial charge is 0.481 e. The number of rotatable bonds is 4. The molecule has 0 aliphatic carbocycles. The van der Waals surface area contributed by atoms with Gasteiger partial charge in [0.15, 0.2) is 0 Å². The van der Waals surface area contributed by atoms with Crippen molar-refractivity contribution in [2.45, 2.75) is 19.8 Å². The first-order valence-corrected chi connectivity index (χ1v) is 5.04. The van der Waals surface area contributed by atoms with Crippen molar-refractivity contribution >= 4 is 11.9 Å². The van der Waals surface area contributed by atoms with Crippen molar-refractivity contribution in [3.8, 4) is 0 Å². The molecule has 1 aromatic carbocycles. The van der Waals surface area contributed by atoms with Crippen LogP contribution in [0.4, 0.5) is 0 Å². The lowest BCUT2D eigenvalue weighted by Crippen LogP contribution is -2.29. The fourth-order valence-corrected chi connectivity index (χ4v) is 1.48. The highest BCUT2D eigenvalue weighted by molar-refractivity contribution is 5.78. The summed E-state index contributed by atoms with van der Waals surface area (Å²) >= 11 is 0. The highest BCUT2D eigenvalue weighted by Gasteiger charge is 2.19. The van der Waals surface area contributed by atoms with Crippen LogP contribution in [0.5, 0.6) is 0 Å². The van der Waals surface area contributed by atoms with Crippen LogP contribution in [0.15, 0.2) is 24.3 Å². The molecule has 1 rings (SSSR count). The van der Waals surface area contributed by atoms with Gasteiger partial charge in [-0.15, -0.1) is 0 Å². The number of carbonyl (C=O) groups is 2. The minimum absolute atomic E-state index is 0.119. The van der Waals surface area contributed by atoms with Gasteiger partial charge in [-0.25, -0.2) is 0 Å². The van der Waals surface area contributed by atoms with Crippen LogP contribution >= 0.6 is 0 Å². The van der Waals surface area contributed by atoms with E-state index in [4.69, 9.17) is 5.11 Å². The van der Waals surface area contributed by atoms with Crippen molar-refractivity contribution in [3.05, 3.63) is 35.4 Å². The lowest BCUT2D eigenvalue weighted by molar-refractivity contribution is -0.138. The maximum Gasteiger partial charge on any atom is 0.312 e. The molecule has 1 aromatic rings. The van der Waals surface area contributed by atoms with E-state index >= 15 is 0 Å². The van der Waals surface area contributed by atoms with Crippen LogP contribution in [0, 0.1) is 6.92 Å². The molecule has 4 nitrogen and oxygen atoms in total. The van der Waals surface area contributed by atoms with E-state index in [2.05, 4.69) is 5.32 Å². The molecule has 0 radical (unpaired) electrons. The smallest absolute Gasteiger partial charge is 0.312 e. The van der Waals surface area contributed by atoms with Gasteiger partial charge in [-0.3, -0.25) is 9.59 Å². The van der Waals surface area contributed by atoms with E-state index in [1.54, 1.807) is 6.07 Å². The molecule has 86 valence electrons. The third-order valence-corrected chi connectivity index (χ3v) is 2.30. The summed E-state index contributed by atoms with van der Waals surface area (Å²) in [6, 6.07) is 7.30. The van der Waals surface area contributed by atoms with Gasteiger partial charge in [0, 0.05) is 13.5 Å². The Morgan fingerprint density at radius 1 is 1.44 bits per heavy atom. The standard InChI is InChI=1S/C12H15NO3/c1-8-4-3-5-10(6-8)11(12(15)16)7-13-9(2)14/h3-6,11H,7H2,1-2H3,(H,13,14)(H,15,16). The molecule has 2 N–H and O–H groups in total. The SMILES string of the molecule is CC(=O)NCC(C(=O)O)c1cccc(C)c1. The number of carbonyl (C=O) groups excluding carboxylic acids is 1. The van der Waals surface area contributed by atoms with Gasteiger partial charge in [0.05, 0.1) is 5.92 Å². The Balaban J connectivity index is 2.85. The van der Waals surface area contributed by atoms with E-state index in [1.165, 1.54) is 6.92 Å². The molecule has 1 unspecified atom stereocenters. The zero-order valence-corrected chi connectivity index (χ0v) is 9.36. The van der Waals surface area contributed by atoms with Gasteiger partial charge in [-0.2, -0.15) is 0 Å². The number of carboxylic acid groups (broad SMARTS) is 1. The van der Waals surface area contributed by atoms with Gasteiger partial charge < -0.3 is 10.4 Å². The maximum absolute atomic E-state index is 11.1. The Labute approximate surface area is 94.3 Å². The van der Waals surface area contributed by atoms with Gasteiger partial charge >= 0.3 is 5.97 Å². The van der Waals surface area contributed by atoms with Gasteiger partial charge in [0.2, 0.25) is 5.91 Å². The molecular formula is C12H15NO3. The number of aryl methyl sites for hydroxylation is 1. The number of hydrogen-bond donors (Lipinski definition) is 2. The lowest BCUT2D eigenvalue weighted by Gasteiger charge is -2.13. The lowest BCUT2D eigenvalue weighted by atomic mass is 9.97. The van der Waals surface area contributed by atoms with E-state index in [0.717, 1.165) is 5.56 Å². The third-order valence-electron chi connectivity index (χ3n) is 2.30. The molecule has 1 atom stereocenters. The van der Waals surface area contributed by atoms with E-state index in [1.807, 2.05) is 25.1 Å². The second-order valence-corrected chi connectivity index (χ2v) is 3.74. The van der Waals surface area contributed by atoms with Gasteiger partial charge in [-0.05, 0) is 12.5 Å². The fraction of sp³-hybridized carbons (Fsp3) is 0.333. The van der Waals surface area contributed by atoms with Crippen molar-refractivity contribution < 1.29 is 14.7 Å². The Hall–Kier alpha value is -1.84. The van der Waals surface area contributed by atoms with E-state index in [9.17, 15) is 9.59 Å². The Bertz CT molecular complexity index is 401. The molecule has 0 spiro atoms. The number of amides is 1. The minimum atomic E-state index is -0.931. The average Bonchev–Trinajstić information content (AvgIpc) is 2.17. The Morgan fingerprint density at radius 2 is 2.12 bits per heavy atom. The topological polar surface area (TPSA) is 66.4 Å². The molecule has 0 aromatic heterocycles. The predicted octanol–water partition coefficient (Wildman–Crippen LogP) is 1.30. The molecule has 0 fully saturated rings. The van der Waals surface area contributed by atoms with Crippen LogP contribution in [-0.2, 0) is 9.59 Å². The molecule has 0 saturated carbocycles. The molecule has 0 aliphatic rings. The zero-order chi connectivity index (χ0) is 12.1. The number of hydrogen-bond acceptors (Lipinski definition) is 2. The molecule has 1 amide bonds. The highest BCUT2D eigenvalue weighted by atomic mass is 16.4. The summed E-state index contributed by atoms with van der Waals surface area (Å²) in [5, 5.41) is 11.6. The van der Waals surface area contributed by atoms with Gasteiger partial charge in [-0.1, -0.05) is 29.8 Å². The molecule has 0 heterocycles. The number of benzene rings is 1. The number of nitrogens with one attached hydrogen (secondary N) is 1. The number of aliphatic carboxylic acids is 1. The molecular weight excluding hydrogens is 206 g/mol. The summed E-state index contributed by atoms with van der Waals surface area (Å²) in [5.41, 5.74) is 1.72. The Kier molecular flexibility index (Phi) is 4.05. The predicted molar refractivity (Wildman–Crippen MR) is 60.2 cm³/mol. The number of carboxylic acids is 1. The average molecular weight is 221 g/mol. The van der Waals surface area contributed by atoms with E-state index < -0.39 is 11.9 Å². The second kappa shape index (κ2) is 5.30. The molecule has 4 heteroatoms. The van der Waals surface area contributed by atoms with Gasteiger partial charge in [0.25, 0.3) is 0 Å². The highest BCUT2D eigenvalue weighted by Crippen LogP contribution is 2.16. The van der Waals surface area contributed by atoms with Crippen molar-refractivity contribution in [1.29, 1.82) is 0 Å². The van der Waals surface area contributed by atoms with E-state index in [0.29, 0.717) is 5.56 Å². The quantitative estimate of drug-likeness (QED) is 0.805. The fourth-order valence-electron chi connectivity index (χ4n) is 1.48. The summed E-state index contributed by atoms with van der Waals surface area (Å²) in [4.78, 5) is 21.8. The second-order valence-electron chi connectivity index (χ2n) is 3.74. The van der Waals surface area contributed by atoms with Crippen LogP contribution in [0.3, 0.4) is 0 Å². The van der Waals surface area contributed by atoms with E-state index in [-0.39, 0.29) is 12.5 Å². The molecule has 0 saturated heterocycles. The van der Waals surface area contributed by atoms with Crippen molar-refractivity contribution in [2.24, 2.45) is 0 Å². The molecule has 16 heavy (non-hydrogen) atoms. The summed E-state index contributed by atoms with van der Waals surface area (Å²) < 4.78 is 0. The molecule has 0 bridgehead atoms. The Morgan fingerprint density at radius 3 is 2.62 bits per heavy atom. The van der Waals surface area contributed by atoms with Crippen LogP contribution in [0.1, 0.15) is 24.0 Å². The first kappa shape index (κ1) is 12.2. The summed E-state index contributed by atoms with van der Waals surface area (Å²) in [5.74, 6) is -1.85. The summed E-state index contributed by atoms with van der Waals surface area (Å²) in [6.45, 7) is 3.39. The first-order chi connectivity index (χ1) is 7.50. The van der Waals surface area contributed by atoms with Crippen molar-refractivity contribution in [1.82, 2.24) is 5.32 Å². The molecule has 0 aliphatic heterocycles. The van der Waals surface area contributed by atoms with Crippen molar-refractivity contribution in [2.75, 3.05) is 6.54 Å². The normalized spacial score (nSPS) is 11.9. The van der Waals surface area contributed by atoms with Crippen LogP contribution in [0.25, 0.3) is 0 Å². The summed E-state index contributed by atoms with van der Waals surface area (Å²) in [6.07, 6.45) is 0. The van der Waals surface area contributed by atoms with Crippen molar-refractivity contribution in [3.63, 3.8) is 0 Å². The van der Waals surface area contributed by atoms with Crippen LogP contribution < -0.4 is 5.32 Å². The minimum Gasteiger partial charge on any atom is -0.481 e. The first-order valence-electron chi connectivity index (χ1n) is 5.04.